The Morgan fingerprint density at radius 3 is 2.59 bits per heavy atom. The van der Waals surface area contributed by atoms with Crippen LogP contribution in [-0.4, -0.2) is 66.9 Å². The van der Waals surface area contributed by atoms with Crippen LogP contribution in [0.2, 0.25) is 0 Å². The standard InChI is InChI=1S/C27H32N4O5S/c1-35-21-10-9-18(15-22(21)36-2)11-12-28-25(33)19-7-6-8-20(16-19)29-24(32)17-23-26(34)30-27(37-23)31-13-4-3-5-14-31/h6-10,15-16,23H,3-5,11-14,17H2,1-2H3,(H,28,33)(H,29,32)/t23-/m1/s1. The Bertz CT molecular complexity index is 1180. The van der Waals surface area contributed by atoms with Crippen molar-refractivity contribution < 1.29 is 23.9 Å². The molecule has 2 aliphatic heterocycles. The molecule has 196 valence electrons. The van der Waals surface area contributed by atoms with Crippen LogP contribution >= 0.6 is 11.8 Å². The van der Waals surface area contributed by atoms with Gasteiger partial charge in [-0.15, -0.1) is 0 Å². The summed E-state index contributed by atoms with van der Waals surface area (Å²) in [5.41, 5.74) is 1.95. The molecule has 1 atom stereocenters. The van der Waals surface area contributed by atoms with Gasteiger partial charge < -0.3 is 25.0 Å². The predicted molar refractivity (Wildman–Crippen MR) is 145 cm³/mol. The van der Waals surface area contributed by atoms with Crippen molar-refractivity contribution >= 4 is 40.3 Å². The lowest BCUT2D eigenvalue weighted by Crippen LogP contribution is -2.33. The molecule has 3 amide bonds. The van der Waals surface area contributed by atoms with Crippen LogP contribution in [0.4, 0.5) is 5.69 Å². The fourth-order valence-electron chi connectivity index (χ4n) is 4.31. The highest BCUT2D eigenvalue weighted by atomic mass is 32.2. The monoisotopic (exact) mass is 524 g/mol. The molecule has 0 radical (unpaired) electrons. The van der Waals surface area contributed by atoms with Crippen LogP contribution in [0.5, 0.6) is 11.5 Å². The quantitative estimate of drug-likeness (QED) is 0.517. The highest BCUT2D eigenvalue weighted by Crippen LogP contribution is 2.29. The lowest BCUT2D eigenvalue weighted by atomic mass is 10.1. The number of ether oxygens (including phenoxy) is 2. The van der Waals surface area contributed by atoms with Crippen LogP contribution in [-0.2, 0) is 16.0 Å². The molecular weight excluding hydrogens is 492 g/mol. The second-order valence-electron chi connectivity index (χ2n) is 8.92. The Labute approximate surface area is 221 Å². The number of carbonyl (C=O) groups is 3. The first kappa shape index (κ1) is 26.5. The number of hydrogen-bond donors (Lipinski definition) is 2. The summed E-state index contributed by atoms with van der Waals surface area (Å²) in [6.45, 7) is 2.24. The molecule has 0 aromatic heterocycles. The van der Waals surface area contributed by atoms with E-state index in [2.05, 4.69) is 20.5 Å². The summed E-state index contributed by atoms with van der Waals surface area (Å²) in [4.78, 5) is 44.0. The van der Waals surface area contributed by atoms with E-state index < -0.39 is 5.25 Å². The number of hydrogen-bond acceptors (Lipinski definition) is 7. The number of amidine groups is 1. The van der Waals surface area contributed by atoms with Gasteiger partial charge in [0.15, 0.2) is 16.7 Å². The van der Waals surface area contributed by atoms with Crippen LogP contribution < -0.4 is 20.1 Å². The van der Waals surface area contributed by atoms with E-state index >= 15 is 0 Å². The molecule has 10 heteroatoms. The van der Waals surface area contributed by atoms with E-state index in [-0.39, 0.29) is 24.1 Å². The van der Waals surface area contributed by atoms with Gasteiger partial charge in [-0.05, 0) is 61.6 Å². The van der Waals surface area contributed by atoms with E-state index in [0.29, 0.717) is 35.7 Å². The average Bonchev–Trinajstić information content (AvgIpc) is 3.28. The first-order valence-electron chi connectivity index (χ1n) is 12.4. The van der Waals surface area contributed by atoms with Gasteiger partial charge in [-0.2, -0.15) is 4.99 Å². The molecule has 9 nitrogen and oxygen atoms in total. The summed E-state index contributed by atoms with van der Waals surface area (Å²) in [6, 6.07) is 12.4. The van der Waals surface area contributed by atoms with Crippen molar-refractivity contribution in [2.24, 2.45) is 4.99 Å². The first-order valence-corrected chi connectivity index (χ1v) is 13.3. The normalized spacial score (nSPS) is 17.2. The molecule has 2 aromatic carbocycles. The van der Waals surface area contributed by atoms with E-state index in [0.717, 1.165) is 36.7 Å². The minimum absolute atomic E-state index is 0.0338. The number of rotatable bonds is 9. The van der Waals surface area contributed by atoms with E-state index in [4.69, 9.17) is 9.47 Å². The van der Waals surface area contributed by atoms with E-state index in [1.807, 2.05) is 18.2 Å². The zero-order chi connectivity index (χ0) is 26.2. The molecule has 37 heavy (non-hydrogen) atoms. The largest absolute Gasteiger partial charge is 0.493 e. The SMILES string of the molecule is COc1ccc(CCNC(=O)c2cccc(NC(=O)C[C@H]3SC(N4CCCCC4)=NC3=O)c2)cc1OC. The molecule has 2 aliphatic rings. The van der Waals surface area contributed by atoms with Gasteiger partial charge in [-0.3, -0.25) is 14.4 Å². The van der Waals surface area contributed by atoms with Gasteiger partial charge in [0.1, 0.15) is 5.25 Å². The number of nitrogens with zero attached hydrogens (tertiary/aromatic N) is 2. The number of likely N-dealkylation sites (tertiary alicyclic amines) is 1. The third kappa shape index (κ3) is 7.03. The Hall–Kier alpha value is -3.53. The zero-order valence-electron chi connectivity index (χ0n) is 21.1. The van der Waals surface area contributed by atoms with Crippen molar-refractivity contribution in [2.75, 3.05) is 39.2 Å². The maximum absolute atomic E-state index is 12.7. The molecule has 2 aromatic rings. The maximum atomic E-state index is 12.7. The molecule has 4 rings (SSSR count). The number of nitrogens with one attached hydrogen (secondary N) is 2. The Morgan fingerprint density at radius 1 is 1.05 bits per heavy atom. The van der Waals surface area contributed by atoms with Crippen molar-refractivity contribution in [1.82, 2.24) is 10.2 Å². The van der Waals surface area contributed by atoms with Crippen LogP contribution in [0.3, 0.4) is 0 Å². The van der Waals surface area contributed by atoms with E-state index in [1.165, 1.54) is 18.2 Å². The molecule has 2 heterocycles. The van der Waals surface area contributed by atoms with Crippen LogP contribution in [0, 0.1) is 0 Å². The van der Waals surface area contributed by atoms with Gasteiger partial charge in [0.25, 0.3) is 11.8 Å². The van der Waals surface area contributed by atoms with Crippen molar-refractivity contribution in [1.29, 1.82) is 0 Å². The molecule has 0 unspecified atom stereocenters. The molecule has 0 spiro atoms. The molecule has 0 saturated carbocycles. The molecule has 0 aliphatic carbocycles. The lowest BCUT2D eigenvalue weighted by Gasteiger charge is -2.27. The minimum atomic E-state index is -0.514. The molecule has 2 N–H and O–H groups in total. The van der Waals surface area contributed by atoms with Gasteiger partial charge in [0.2, 0.25) is 5.91 Å². The van der Waals surface area contributed by atoms with Crippen LogP contribution in [0.25, 0.3) is 0 Å². The molecule has 1 saturated heterocycles. The van der Waals surface area contributed by atoms with E-state index in [1.54, 1.807) is 38.5 Å². The number of methoxy groups -OCH3 is 2. The smallest absolute Gasteiger partial charge is 0.262 e. The zero-order valence-corrected chi connectivity index (χ0v) is 21.9. The highest BCUT2D eigenvalue weighted by Gasteiger charge is 2.33. The summed E-state index contributed by atoms with van der Waals surface area (Å²) in [7, 11) is 3.17. The topological polar surface area (TPSA) is 109 Å². The Kier molecular flexibility index (Phi) is 9.05. The highest BCUT2D eigenvalue weighted by molar-refractivity contribution is 8.15. The number of anilines is 1. The summed E-state index contributed by atoms with van der Waals surface area (Å²) >= 11 is 1.37. The summed E-state index contributed by atoms with van der Waals surface area (Å²) < 4.78 is 10.6. The molecule has 0 bridgehead atoms. The number of benzene rings is 2. The number of aliphatic imine (C=N–C) groups is 1. The summed E-state index contributed by atoms with van der Waals surface area (Å²) in [6.07, 6.45) is 4.05. The van der Waals surface area contributed by atoms with E-state index in [9.17, 15) is 14.4 Å². The number of thioether (sulfide) groups is 1. The second kappa shape index (κ2) is 12.6. The fourth-order valence-corrected chi connectivity index (χ4v) is 5.42. The van der Waals surface area contributed by atoms with Crippen molar-refractivity contribution in [2.45, 2.75) is 37.4 Å². The van der Waals surface area contributed by atoms with Gasteiger partial charge in [-0.25, -0.2) is 0 Å². The molecular formula is C27H32N4O5S. The van der Waals surface area contributed by atoms with Crippen molar-refractivity contribution in [3.8, 4) is 11.5 Å². The summed E-state index contributed by atoms with van der Waals surface area (Å²) in [5.74, 6) is 0.509. The van der Waals surface area contributed by atoms with Crippen molar-refractivity contribution in [3.05, 3.63) is 53.6 Å². The molecule has 1 fully saturated rings. The van der Waals surface area contributed by atoms with Gasteiger partial charge >= 0.3 is 0 Å². The Balaban J connectivity index is 1.26. The van der Waals surface area contributed by atoms with Crippen LogP contribution in [0.15, 0.2) is 47.5 Å². The second-order valence-corrected chi connectivity index (χ2v) is 10.1. The minimum Gasteiger partial charge on any atom is -0.493 e. The number of amides is 3. The van der Waals surface area contributed by atoms with Gasteiger partial charge in [-0.1, -0.05) is 23.9 Å². The van der Waals surface area contributed by atoms with Gasteiger partial charge in [0, 0.05) is 37.3 Å². The summed E-state index contributed by atoms with van der Waals surface area (Å²) in [5, 5.41) is 5.93. The maximum Gasteiger partial charge on any atom is 0.262 e. The third-order valence-corrected chi connectivity index (χ3v) is 7.50. The third-order valence-electron chi connectivity index (χ3n) is 6.28. The van der Waals surface area contributed by atoms with Crippen molar-refractivity contribution in [3.63, 3.8) is 0 Å². The first-order chi connectivity index (χ1) is 18.0. The average molecular weight is 525 g/mol. The van der Waals surface area contributed by atoms with Crippen LogP contribution in [0.1, 0.15) is 41.6 Å². The number of piperidine rings is 1. The fraction of sp³-hybridized carbons (Fsp3) is 0.407. The number of carbonyl (C=O) groups excluding carboxylic acids is 3. The predicted octanol–water partition coefficient (Wildman–Crippen LogP) is 3.49. The van der Waals surface area contributed by atoms with Gasteiger partial charge in [0.05, 0.1) is 14.2 Å². The lowest BCUT2D eigenvalue weighted by molar-refractivity contribution is -0.121. The Morgan fingerprint density at radius 2 is 1.84 bits per heavy atom.